The highest BCUT2D eigenvalue weighted by Crippen LogP contribution is 2.16. The van der Waals surface area contributed by atoms with Crippen LogP contribution in [0.2, 0.25) is 5.15 Å². The van der Waals surface area contributed by atoms with E-state index >= 15 is 0 Å². The lowest BCUT2D eigenvalue weighted by Gasteiger charge is -2.06. The Morgan fingerprint density at radius 2 is 2.25 bits per heavy atom. The largest absolute Gasteiger partial charge is 0.358 e. The number of sulfonamides is 1. The Bertz CT molecular complexity index is 489. The average Bonchev–Trinajstić information content (AvgIpc) is 2.26. The first-order valence-electron chi connectivity index (χ1n) is 4.28. The van der Waals surface area contributed by atoms with Gasteiger partial charge >= 0.3 is 0 Å². The zero-order valence-electron chi connectivity index (χ0n) is 8.40. The molecule has 1 aromatic rings. The van der Waals surface area contributed by atoms with Gasteiger partial charge in [-0.2, -0.15) is 0 Å². The van der Waals surface area contributed by atoms with E-state index < -0.39 is 15.9 Å². The third kappa shape index (κ3) is 3.16. The van der Waals surface area contributed by atoms with Crippen LogP contribution in [0.25, 0.3) is 0 Å². The number of nitrogens with one attached hydrogen (secondary N) is 2. The average molecular weight is 264 g/mol. The van der Waals surface area contributed by atoms with Crippen molar-refractivity contribution in [3.05, 3.63) is 23.5 Å². The van der Waals surface area contributed by atoms with Gasteiger partial charge in [-0.15, -0.1) is 0 Å². The first-order chi connectivity index (χ1) is 7.47. The second-order valence-corrected chi connectivity index (χ2v) is 4.88. The molecule has 0 atom stereocenters. The number of nitrogens with zero attached hydrogens (tertiary/aromatic N) is 1. The Morgan fingerprint density at radius 1 is 1.56 bits per heavy atom. The predicted octanol–water partition coefficient (Wildman–Crippen LogP) is -0.241. The third-order valence-corrected chi connectivity index (χ3v) is 3.56. The van der Waals surface area contributed by atoms with E-state index in [1.54, 1.807) is 0 Å². The summed E-state index contributed by atoms with van der Waals surface area (Å²) in [6.45, 7) is -0.343. The number of amides is 1. The van der Waals surface area contributed by atoms with Crippen molar-refractivity contribution in [2.24, 2.45) is 0 Å². The van der Waals surface area contributed by atoms with E-state index in [2.05, 4.69) is 15.0 Å². The summed E-state index contributed by atoms with van der Waals surface area (Å²) < 4.78 is 25.4. The van der Waals surface area contributed by atoms with Gasteiger partial charge in [0.1, 0.15) is 10.0 Å². The molecule has 0 aromatic carbocycles. The third-order valence-electron chi connectivity index (χ3n) is 1.72. The van der Waals surface area contributed by atoms with Crippen molar-refractivity contribution in [3.8, 4) is 0 Å². The number of carbonyl (C=O) groups excluding carboxylic acids is 1. The Labute approximate surface area is 98.1 Å². The molecule has 0 fully saturated rings. The van der Waals surface area contributed by atoms with E-state index in [4.69, 9.17) is 11.6 Å². The molecule has 6 nitrogen and oxygen atoms in total. The Kier molecular flexibility index (Phi) is 4.22. The molecule has 0 radical (unpaired) electrons. The molecule has 1 rings (SSSR count). The van der Waals surface area contributed by atoms with Crippen molar-refractivity contribution < 1.29 is 13.2 Å². The monoisotopic (exact) mass is 263 g/mol. The molecule has 0 unspecified atom stereocenters. The van der Waals surface area contributed by atoms with E-state index in [1.807, 2.05) is 0 Å². The molecule has 8 heteroatoms. The van der Waals surface area contributed by atoms with Crippen LogP contribution in [-0.2, 0) is 14.8 Å². The number of hydrogen-bond acceptors (Lipinski definition) is 4. The number of rotatable bonds is 4. The summed E-state index contributed by atoms with van der Waals surface area (Å²) in [7, 11) is -2.39. The summed E-state index contributed by atoms with van der Waals surface area (Å²) in [4.78, 5) is 14.4. The number of halogens is 1. The molecule has 0 spiro atoms. The van der Waals surface area contributed by atoms with E-state index in [-0.39, 0.29) is 16.6 Å². The molecular weight excluding hydrogens is 254 g/mol. The van der Waals surface area contributed by atoms with Gasteiger partial charge in [0.05, 0.1) is 6.54 Å². The molecule has 88 valence electrons. The van der Waals surface area contributed by atoms with Crippen molar-refractivity contribution in [2.45, 2.75) is 4.90 Å². The van der Waals surface area contributed by atoms with Crippen LogP contribution in [0.4, 0.5) is 0 Å². The van der Waals surface area contributed by atoms with Crippen LogP contribution in [-0.4, -0.2) is 32.9 Å². The summed E-state index contributed by atoms with van der Waals surface area (Å²) in [5.41, 5.74) is 0. The van der Waals surface area contributed by atoms with Gasteiger partial charge in [0.15, 0.2) is 0 Å². The molecule has 1 heterocycles. The van der Waals surface area contributed by atoms with Crippen molar-refractivity contribution in [2.75, 3.05) is 13.6 Å². The fourth-order valence-electron chi connectivity index (χ4n) is 0.898. The maximum atomic E-state index is 11.7. The van der Waals surface area contributed by atoms with E-state index in [0.29, 0.717) is 0 Å². The minimum atomic E-state index is -3.80. The van der Waals surface area contributed by atoms with E-state index in [0.717, 1.165) is 0 Å². The van der Waals surface area contributed by atoms with Crippen LogP contribution >= 0.6 is 11.6 Å². The number of aromatic nitrogens is 1. The van der Waals surface area contributed by atoms with Crippen LogP contribution in [0.3, 0.4) is 0 Å². The molecule has 0 aliphatic carbocycles. The van der Waals surface area contributed by atoms with E-state index in [9.17, 15) is 13.2 Å². The highest BCUT2D eigenvalue weighted by Gasteiger charge is 2.18. The molecule has 0 saturated carbocycles. The highest BCUT2D eigenvalue weighted by atomic mass is 35.5. The normalized spacial score (nSPS) is 11.1. The van der Waals surface area contributed by atoms with Gasteiger partial charge in [-0.25, -0.2) is 18.1 Å². The topological polar surface area (TPSA) is 88.2 Å². The summed E-state index contributed by atoms with van der Waals surface area (Å²) in [6, 6.07) is 2.75. The number of pyridine rings is 1. The lowest BCUT2D eigenvalue weighted by atomic mass is 10.5. The van der Waals surface area contributed by atoms with Gasteiger partial charge in [-0.05, 0) is 12.1 Å². The maximum absolute atomic E-state index is 11.7. The summed E-state index contributed by atoms with van der Waals surface area (Å²) in [6.07, 6.45) is 1.38. The van der Waals surface area contributed by atoms with Gasteiger partial charge in [0.2, 0.25) is 15.9 Å². The smallest absolute Gasteiger partial charge is 0.244 e. The molecule has 0 aliphatic heterocycles. The second-order valence-electron chi connectivity index (χ2n) is 2.79. The number of carbonyl (C=O) groups is 1. The second kappa shape index (κ2) is 5.24. The fraction of sp³-hybridized carbons (Fsp3) is 0.250. The molecule has 2 N–H and O–H groups in total. The highest BCUT2D eigenvalue weighted by molar-refractivity contribution is 7.89. The van der Waals surface area contributed by atoms with Gasteiger partial charge in [-0.3, -0.25) is 4.79 Å². The Hall–Kier alpha value is -1.18. The minimum Gasteiger partial charge on any atom is -0.358 e. The molecule has 0 aliphatic rings. The Morgan fingerprint density at radius 3 is 2.81 bits per heavy atom. The van der Waals surface area contributed by atoms with Gasteiger partial charge in [-0.1, -0.05) is 11.6 Å². The molecule has 1 amide bonds. The summed E-state index contributed by atoms with van der Waals surface area (Å²) in [5, 5.41) is 2.16. The minimum absolute atomic E-state index is 0.132. The maximum Gasteiger partial charge on any atom is 0.244 e. The van der Waals surface area contributed by atoms with Crippen molar-refractivity contribution in [3.63, 3.8) is 0 Å². The molecule has 0 bridgehead atoms. The van der Waals surface area contributed by atoms with Crippen LogP contribution < -0.4 is 10.0 Å². The van der Waals surface area contributed by atoms with Crippen LogP contribution in [0, 0.1) is 0 Å². The number of hydrogen-bond donors (Lipinski definition) is 2. The van der Waals surface area contributed by atoms with Crippen molar-refractivity contribution in [1.29, 1.82) is 0 Å². The summed E-state index contributed by atoms with van der Waals surface area (Å²) >= 11 is 5.63. The van der Waals surface area contributed by atoms with Gasteiger partial charge in [0.25, 0.3) is 0 Å². The molecular formula is C8H10ClN3O3S. The molecule has 16 heavy (non-hydrogen) atoms. The van der Waals surface area contributed by atoms with Crippen molar-refractivity contribution >= 4 is 27.5 Å². The zero-order valence-corrected chi connectivity index (χ0v) is 9.97. The first kappa shape index (κ1) is 12.9. The predicted molar refractivity (Wildman–Crippen MR) is 58.5 cm³/mol. The van der Waals surface area contributed by atoms with Gasteiger partial charge in [0, 0.05) is 13.2 Å². The van der Waals surface area contributed by atoms with Crippen LogP contribution in [0.15, 0.2) is 23.2 Å². The first-order valence-corrected chi connectivity index (χ1v) is 6.14. The zero-order chi connectivity index (χ0) is 12.2. The van der Waals surface area contributed by atoms with Crippen LogP contribution in [0.5, 0.6) is 0 Å². The Balaban J connectivity index is 2.87. The molecule has 0 saturated heterocycles. The SMILES string of the molecule is CNC(=O)CNS(=O)(=O)c1cccnc1Cl. The lowest BCUT2D eigenvalue weighted by molar-refractivity contribution is -0.119. The standard InChI is InChI=1S/C8H10ClN3O3S/c1-10-7(13)5-12-16(14,15)6-3-2-4-11-8(6)9/h2-4,12H,5H2,1H3,(H,10,13). The van der Waals surface area contributed by atoms with E-state index in [1.165, 1.54) is 25.4 Å². The summed E-state index contributed by atoms with van der Waals surface area (Å²) in [5.74, 6) is -0.441. The van der Waals surface area contributed by atoms with Crippen LogP contribution in [0.1, 0.15) is 0 Å². The van der Waals surface area contributed by atoms with Crippen molar-refractivity contribution in [1.82, 2.24) is 15.0 Å². The van der Waals surface area contributed by atoms with Gasteiger partial charge < -0.3 is 5.32 Å². The lowest BCUT2D eigenvalue weighted by Crippen LogP contribution is -2.35. The fourth-order valence-corrected chi connectivity index (χ4v) is 2.33. The quantitative estimate of drug-likeness (QED) is 0.734. The molecule has 1 aromatic heterocycles. The number of likely N-dealkylation sites (N-methyl/N-ethyl adjacent to an activating group) is 1.